The van der Waals surface area contributed by atoms with Crippen molar-refractivity contribution in [2.75, 3.05) is 12.0 Å². The summed E-state index contributed by atoms with van der Waals surface area (Å²) in [6, 6.07) is 14.3. The second kappa shape index (κ2) is 9.65. The van der Waals surface area contributed by atoms with Gasteiger partial charge in [0.2, 0.25) is 0 Å². The van der Waals surface area contributed by atoms with E-state index in [4.69, 9.17) is 9.47 Å². The summed E-state index contributed by atoms with van der Waals surface area (Å²) in [6.45, 7) is 14.0. The molecular weight excluding hydrogens is 412 g/mol. The molecule has 5 heteroatoms. The fraction of sp³-hybridized carbons (Fsp3) is 0.357. The van der Waals surface area contributed by atoms with Gasteiger partial charge in [-0.2, -0.15) is 0 Å². The quantitative estimate of drug-likeness (QED) is 0.426. The molecule has 3 rings (SSSR count). The van der Waals surface area contributed by atoms with Gasteiger partial charge >= 0.3 is 6.09 Å². The molecule has 0 radical (unpaired) electrons. The average molecular weight is 447 g/mol. The van der Waals surface area contributed by atoms with Crippen molar-refractivity contribution in [3.63, 3.8) is 0 Å². The standard InChI is InChI=1S/C28H34N2O3/c1-18-11-9-10-12-23(18)24-15-22(14-13-19(24)2)30(27(31)33-28(5,6)7)17-25-21(4)26(32-8)20(3)16-29-25/h9-16H,17H2,1-8H3. The van der Waals surface area contributed by atoms with E-state index in [0.717, 1.165) is 44.9 Å². The van der Waals surface area contributed by atoms with Crippen molar-refractivity contribution in [3.8, 4) is 16.9 Å². The Hall–Kier alpha value is -3.34. The number of hydrogen-bond donors (Lipinski definition) is 0. The van der Waals surface area contributed by atoms with E-state index in [1.807, 2.05) is 58.9 Å². The number of benzene rings is 2. The van der Waals surface area contributed by atoms with Gasteiger partial charge in [-0.15, -0.1) is 0 Å². The maximum atomic E-state index is 13.3. The maximum Gasteiger partial charge on any atom is 0.415 e. The van der Waals surface area contributed by atoms with Gasteiger partial charge in [-0.05, 0) is 82.9 Å². The fourth-order valence-electron chi connectivity index (χ4n) is 3.90. The van der Waals surface area contributed by atoms with Crippen LogP contribution in [0.2, 0.25) is 0 Å². The molecule has 0 saturated heterocycles. The minimum atomic E-state index is -0.619. The number of carbonyl (C=O) groups excluding carboxylic acids is 1. The van der Waals surface area contributed by atoms with E-state index >= 15 is 0 Å². The summed E-state index contributed by atoms with van der Waals surface area (Å²) in [5.41, 5.74) is 7.34. The molecule has 0 saturated carbocycles. The van der Waals surface area contributed by atoms with Crippen LogP contribution in [0.5, 0.6) is 5.75 Å². The SMILES string of the molecule is COc1c(C)cnc(CN(C(=O)OC(C)(C)C)c2ccc(C)c(-c3ccccc3C)c2)c1C. The summed E-state index contributed by atoms with van der Waals surface area (Å²) in [6.07, 6.45) is 1.37. The third-order valence-corrected chi connectivity index (χ3v) is 5.64. The van der Waals surface area contributed by atoms with Crippen molar-refractivity contribution in [1.82, 2.24) is 4.98 Å². The van der Waals surface area contributed by atoms with E-state index in [0.29, 0.717) is 0 Å². The van der Waals surface area contributed by atoms with Crippen molar-refractivity contribution in [3.05, 3.63) is 76.6 Å². The topological polar surface area (TPSA) is 51.7 Å². The third-order valence-electron chi connectivity index (χ3n) is 5.64. The molecule has 174 valence electrons. The molecule has 0 atom stereocenters. The first-order chi connectivity index (χ1) is 15.5. The summed E-state index contributed by atoms with van der Waals surface area (Å²) < 4.78 is 11.4. The van der Waals surface area contributed by atoms with Gasteiger partial charge in [0.05, 0.1) is 19.3 Å². The van der Waals surface area contributed by atoms with Gasteiger partial charge in [-0.3, -0.25) is 9.88 Å². The van der Waals surface area contributed by atoms with Gasteiger partial charge < -0.3 is 9.47 Å². The number of nitrogens with zero attached hydrogens (tertiary/aromatic N) is 2. The minimum absolute atomic E-state index is 0.271. The van der Waals surface area contributed by atoms with E-state index in [-0.39, 0.29) is 6.54 Å². The Balaban J connectivity index is 2.11. The molecule has 0 aliphatic heterocycles. The molecule has 0 unspecified atom stereocenters. The van der Waals surface area contributed by atoms with Gasteiger partial charge in [0, 0.05) is 23.0 Å². The number of rotatable bonds is 5. The highest BCUT2D eigenvalue weighted by Crippen LogP contribution is 2.33. The molecule has 0 aliphatic rings. The number of methoxy groups -OCH3 is 1. The first-order valence-electron chi connectivity index (χ1n) is 11.2. The summed E-state index contributed by atoms with van der Waals surface area (Å²) in [4.78, 5) is 19.6. The first kappa shape index (κ1) is 24.3. The number of pyridine rings is 1. The first-order valence-corrected chi connectivity index (χ1v) is 11.2. The maximum absolute atomic E-state index is 13.3. The van der Waals surface area contributed by atoms with Crippen molar-refractivity contribution in [2.45, 2.75) is 60.6 Å². The summed E-state index contributed by atoms with van der Waals surface area (Å²) in [7, 11) is 1.65. The van der Waals surface area contributed by atoms with Crippen molar-refractivity contribution >= 4 is 11.8 Å². The lowest BCUT2D eigenvalue weighted by atomic mass is 9.96. The monoisotopic (exact) mass is 446 g/mol. The predicted molar refractivity (Wildman–Crippen MR) is 134 cm³/mol. The molecule has 0 fully saturated rings. The molecule has 5 nitrogen and oxygen atoms in total. The van der Waals surface area contributed by atoms with Gasteiger partial charge in [-0.25, -0.2) is 4.79 Å². The van der Waals surface area contributed by atoms with Crippen LogP contribution in [0.15, 0.2) is 48.7 Å². The van der Waals surface area contributed by atoms with Gasteiger partial charge in [0.1, 0.15) is 11.4 Å². The molecule has 33 heavy (non-hydrogen) atoms. The zero-order chi connectivity index (χ0) is 24.3. The molecule has 1 heterocycles. The lowest BCUT2D eigenvalue weighted by Gasteiger charge is -2.28. The molecule has 0 N–H and O–H groups in total. The van der Waals surface area contributed by atoms with Crippen LogP contribution in [0.3, 0.4) is 0 Å². The number of hydrogen-bond acceptors (Lipinski definition) is 4. The number of anilines is 1. The van der Waals surface area contributed by atoms with Gasteiger partial charge in [0.15, 0.2) is 0 Å². The number of aryl methyl sites for hydroxylation is 3. The van der Waals surface area contributed by atoms with E-state index in [1.54, 1.807) is 18.2 Å². The Morgan fingerprint density at radius 1 is 0.939 bits per heavy atom. The second-order valence-corrected chi connectivity index (χ2v) is 9.43. The molecule has 2 aromatic carbocycles. The average Bonchev–Trinajstić information content (AvgIpc) is 2.73. The highest BCUT2D eigenvalue weighted by Gasteiger charge is 2.26. The van der Waals surface area contributed by atoms with E-state index < -0.39 is 11.7 Å². The molecule has 3 aromatic rings. The van der Waals surface area contributed by atoms with Crippen molar-refractivity contribution < 1.29 is 14.3 Å². The van der Waals surface area contributed by atoms with Crippen molar-refractivity contribution in [2.24, 2.45) is 0 Å². The highest BCUT2D eigenvalue weighted by atomic mass is 16.6. The van der Waals surface area contributed by atoms with E-state index in [2.05, 4.69) is 37.0 Å². The Labute approximate surface area is 197 Å². The van der Waals surface area contributed by atoms with Crippen LogP contribution in [0.25, 0.3) is 11.1 Å². The fourth-order valence-corrected chi connectivity index (χ4v) is 3.90. The predicted octanol–water partition coefficient (Wildman–Crippen LogP) is 6.93. The van der Waals surface area contributed by atoms with Crippen molar-refractivity contribution in [1.29, 1.82) is 0 Å². The second-order valence-electron chi connectivity index (χ2n) is 9.43. The molecular formula is C28H34N2O3. The molecule has 1 amide bonds. The van der Waals surface area contributed by atoms with Crippen LogP contribution in [0.1, 0.15) is 48.7 Å². The summed E-state index contributed by atoms with van der Waals surface area (Å²) >= 11 is 0. The molecule has 1 aromatic heterocycles. The Morgan fingerprint density at radius 3 is 2.24 bits per heavy atom. The third kappa shape index (κ3) is 5.54. The largest absolute Gasteiger partial charge is 0.496 e. The summed E-state index contributed by atoms with van der Waals surface area (Å²) in [5.74, 6) is 0.786. The van der Waals surface area contributed by atoms with Gasteiger partial charge in [0.25, 0.3) is 0 Å². The summed E-state index contributed by atoms with van der Waals surface area (Å²) in [5, 5.41) is 0. The van der Waals surface area contributed by atoms with Gasteiger partial charge in [-0.1, -0.05) is 30.3 Å². The molecule has 0 bridgehead atoms. The van der Waals surface area contributed by atoms with E-state index in [1.165, 1.54) is 5.56 Å². The zero-order valence-electron chi connectivity index (χ0n) is 20.9. The Morgan fingerprint density at radius 2 is 1.61 bits per heavy atom. The lowest BCUT2D eigenvalue weighted by molar-refractivity contribution is 0.0577. The molecule has 0 aliphatic carbocycles. The number of carbonyl (C=O) groups is 1. The number of aromatic nitrogens is 1. The van der Waals surface area contributed by atoms with Crippen LogP contribution in [-0.4, -0.2) is 23.8 Å². The normalized spacial score (nSPS) is 11.3. The molecule has 0 spiro atoms. The minimum Gasteiger partial charge on any atom is -0.496 e. The number of amides is 1. The Kier molecular flexibility index (Phi) is 7.11. The van der Waals surface area contributed by atoms with Crippen LogP contribution in [0, 0.1) is 27.7 Å². The van der Waals surface area contributed by atoms with E-state index in [9.17, 15) is 4.79 Å². The lowest BCUT2D eigenvalue weighted by Crippen LogP contribution is -2.37. The highest BCUT2D eigenvalue weighted by molar-refractivity contribution is 5.89. The Bertz CT molecular complexity index is 1160. The van der Waals surface area contributed by atoms with Crippen LogP contribution in [-0.2, 0) is 11.3 Å². The van der Waals surface area contributed by atoms with Crippen LogP contribution >= 0.6 is 0 Å². The smallest absolute Gasteiger partial charge is 0.415 e. The van der Waals surface area contributed by atoms with Crippen LogP contribution < -0.4 is 9.64 Å². The zero-order valence-corrected chi connectivity index (χ0v) is 20.9. The number of ether oxygens (including phenoxy) is 2. The van der Waals surface area contributed by atoms with Crippen LogP contribution in [0.4, 0.5) is 10.5 Å².